The molecule has 2 saturated carbocycles. The Morgan fingerprint density at radius 3 is 2.73 bits per heavy atom. The van der Waals surface area contributed by atoms with Gasteiger partial charge >= 0.3 is 0 Å². The highest BCUT2D eigenvalue weighted by molar-refractivity contribution is 5.57. The maximum Gasteiger partial charge on any atom is 0.164 e. The molecule has 4 nitrogen and oxygen atoms in total. The van der Waals surface area contributed by atoms with Crippen molar-refractivity contribution in [2.45, 2.75) is 74.8 Å². The van der Waals surface area contributed by atoms with Gasteiger partial charge in [0.25, 0.3) is 0 Å². The summed E-state index contributed by atoms with van der Waals surface area (Å²) in [5.74, 6) is 1.67. The number of likely N-dealkylation sites (tertiary alicyclic amines) is 1. The molecule has 1 heterocycles. The summed E-state index contributed by atoms with van der Waals surface area (Å²) in [5, 5.41) is 22.7. The van der Waals surface area contributed by atoms with Gasteiger partial charge in [-0.3, -0.25) is 4.90 Å². The highest BCUT2D eigenvalue weighted by Crippen LogP contribution is 2.60. The Hall–Kier alpha value is -1.26. The van der Waals surface area contributed by atoms with Crippen molar-refractivity contribution < 1.29 is 14.9 Å². The predicted octanol–water partition coefficient (Wildman–Crippen LogP) is 3.37. The van der Waals surface area contributed by atoms with Gasteiger partial charge in [-0.15, -0.1) is 0 Å². The number of rotatable bonds is 3. The number of phenolic OH excluding ortho intramolecular Hbond substituents is 1. The topological polar surface area (TPSA) is 52.9 Å². The van der Waals surface area contributed by atoms with E-state index in [1.165, 1.54) is 18.4 Å². The fraction of sp³-hybridized carbons (Fsp3) is 0.727. The number of fused-ring (bicyclic) bond motifs is 1. The van der Waals surface area contributed by atoms with E-state index in [-0.39, 0.29) is 17.2 Å². The number of aliphatic hydroxyl groups is 1. The monoisotopic (exact) mass is 357 g/mol. The van der Waals surface area contributed by atoms with Crippen LogP contribution < -0.4 is 4.74 Å². The molecule has 142 valence electrons. The van der Waals surface area contributed by atoms with Crippen LogP contribution in [0.4, 0.5) is 0 Å². The van der Waals surface area contributed by atoms with Crippen LogP contribution in [0.5, 0.6) is 11.5 Å². The lowest BCUT2D eigenvalue weighted by Crippen LogP contribution is -2.69. The third kappa shape index (κ3) is 2.21. The molecule has 0 radical (unpaired) electrons. The first-order valence-corrected chi connectivity index (χ1v) is 10.4. The summed E-state index contributed by atoms with van der Waals surface area (Å²) in [5.41, 5.74) is 1.42. The molecule has 1 aliphatic heterocycles. The van der Waals surface area contributed by atoms with Crippen LogP contribution in [0.2, 0.25) is 0 Å². The van der Waals surface area contributed by atoms with E-state index >= 15 is 0 Å². The van der Waals surface area contributed by atoms with Gasteiger partial charge in [0.2, 0.25) is 0 Å². The maximum absolute atomic E-state index is 12.2. The van der Waals surface area contributed by atoms with Crippen LogP contribution in [0.15, 0.2) is 12.1 Å². The minimum Gasteiger partial charge on any atom is -0.504 e. The fourth-order valence-corrected chi connectivity index (χ4v) is 6.48. The Labute approximate surface area is 156 Å². The Balaban J connectivity index is 1.67. The van der Waals surface area contributed by atoms with Crippen LogP contribution in [-0.4, -0.2) is 47.0 Å². The second kappa shape index (κ2) is 5.87. The van der Waals surface area contributed by atoms with E-state index in [2.05, 4.69) is 11.0 Å². The molecule has 3 fully saturated rings. The second-order valence-electron chi connectivity index (χ2n) is 9.11. The lowest BCUT2D eigenvalue weighted by Gasteiger charge is -2.60. The van der Waals surface area contributed by atoms with Gasteiger partial charge in [0.15, 0.2) is 11.5 Å². The summed E-state index contributed by atoms with van der Waals surface area (Å²) in [6.45, 7) is 2.21. The normalized spacial score (nSPS) is 36.8. The molecular weight excluding hydrogens is 326 g/mol. The van der Waals surface area contributed by atoms with Crippen molar-refractivity contribution in [3.63, 3.8) is 0 Å². The molecular formula is C22H31NO3. The largest absolute Gasteiger partial charge is 0.504 e. The molecule has 4 heteroatoms. The smallest absolute Gasteiger partial charge is 0.164 e. The number of methoxy groups -OCH3 is 1. The maximum atomic E-state index is 12.2. The third-order valence-corrected chi connectivity index (χ3v) is 7.84. The van der Waals surface area contributed by atoms with Crippen molar-refractivity contribution in [3.05, 3.63) is 23.3 Å². The molecule has 1 aromatic rings. The number of ether oxygens (including phenoxy) is 1. The van der Waals surface area contributed by atoms with E-state index in [1.807, 2.05) is 0 Å². The first-order valence-electron chi connectivity index (χ1n) is 10.4. The SMILES string of the molecule is COc1c(O)ccc2c1[C@@]13CCCCC1(O)[C@@H](CC2)N(CC1CC1)CC3. The summed E-state index contributed by atoms with van der Waals surface area (Å²) < 4.78 is 5.71. The van der Waals surface area contributed by atoms with E-state index in [4.69, 9.17) is 4.74 Å². The average molecular weight is 357 g/mol. The number of benzene rings is 1. The predicted molar refractivity (Wildman–Crippen MR) is 101 cm³/mol. The zero-order chi connectivity index (χ0) is 17.9. The average Bonchev–Trinajstić information content (AvgIpc) is 3.45. The molecule has 5 rings (SSSR count). The van der Waals surface area contributed by atoms with Gasteiger partial charge in [-0.1, -0.05) is 18.9 Å². The molecule has 3 atom stereocenters. The molecule has 1 saturated heterocycles. The molecule has 2 bridgehead atoms. The van der Waals surface area contributed by atoms with Crippen molar-refractivity contribution in [2.75, 3.05) is 20.2 Å². The van der Waals surface area contributed by atoms with E-state index in [0.29, 0.717) is 5.75 Å². The van der Waals surface area contributed by atoms with E-state index in [0.717, 1.165) is 69.5 Å². The number of hydrogen-bond donors (Lipinski definition) is 2. The van der Waals surface area contributed by atoms with Gasteiger partial charge in [0, 0.05) is 23.6 Å². The van der Waals surface area contributed by atoms with Crippen LogP contribution in [0.3, 0.4) is 0 Å². The number of piperidine rings is 1. The highest BCUT2D eigenvalue weighted by Gasteiger charge is 2.63. The van der Waals surface area contributed by atoms with Crippen LogP contribution in [0, 0.1) is 5.92 Å². The molecule has 0 amide bonds. The van der Waals surface area contributed by atoms with E-state index in [1.54, 1.807) is 13.2 Å². The summed E-state index contributed by atoms with van der Waals surface area (Å²) in [7, 11) is 1.65. The van der Waals surface area contributed by atoms with Gasteiger partial charge in [0.05, 0.1) is 12.7 Å². The molecule has 1 unspecified atom stereocenters. The zero-order valence-corrected chi connectivity index (χ0v) is 15.8. The lowest BCUT2D eigenvalue weighted by atomic mass is 9.53. The summed E-state index contributed by atoms with van der Waals surface area (Å²) >= 11 is 0. The first kappa shape index (κ1) is 16.9. The van der Waals surface area contributed by atoms with Crippen molar-refractivity contribution in [2.24, 2.45) is 5.92 Å². The minimum absolute atomic E-state index is 0.215. The molecule has 4 aliphatic rings. The van der Waals surface area contributed by atoms with E-state index in [9.17, 15) is 10.2 Å². The van der Waals surface area contributed by atoms with Crippen LogP contribution in [-0.2, 0) is 11.8 Å². The molecule has 26 heavy (non-hydrogen) atoms. The van der Waals surface area contributed by atoms with Gasteiger partial charge in [0.1, 0.15) is 0 Å². The number of aromatic hydroxyl groups is 1. The van der Waals surface area contributed by atoms with Gasteiger partial charge in [-0.2, -0.15) is 0 Å². The summed E-state index contributed by atoms with van der Waals surface area (Å²) in [6.07, 6.45) is 9.77. The van der Waals surface area contributed by atoms with Crippen LogP contribution in [0.1, 0.15) is 62.5 Å². The Bertz CT molecular complexity index is 716. The molecule has 3 aliphatic carbocycles. The van der Waals surface area contributed by atoms with Gasteiger partial charge in [-0.05, 0) is 69.0 Å². The zero-order valence-electron chi connectivity index (χ0n) is 15.8. The third-order valence-electron chi connectivity index (χ3n) is 7.84. The van der Waals surface area contributed by atoms with Gasteiger partial charge < -0.3 is 14.9 Å². The molecule has 1 aromatic carbocycles. The lowest BCUT2D eigenvalue weighted by molar-refractivity contribution is -0.159. The van der Waals surface area contributed by atoms with Crippen molar-refractivity contribution in [1.29, 1.82) is 0 Å². The fourth-order valence-electron chi connectivity index (χ4n) is 6.48. The Morgan fingerprint density at radius 2 is 1.96 bits per heavy atom. The first-order chi connectivity index (χ1) is 12.6. The molecule has 2 N–H and O–H groups in total. The minimum atomic E-state index is -0.704. The standard InChI is InChI=1S/C22H31NO3/c1-26-20-17(24)8-6-16-7-9-18-22(25)11-3-2-10-21(22,19(16)20)12-13-23(18)14-15-4-5-15/h6,8,15,18,24-25H,2-5,7,9-14H2,1H3/t18-,21+,22?/m1/s1. The van der Waals surface area contributed by atoms with E-state index < -0.39 is 5.60 Å². The number of nitrogens with zero attached hydrogens (tertiary/aromatic N) is 1. The quantitative estimate of drug-likeness (QED) is 0.871. The van der Waals surface area contributed by atoms with Crippen LogP contribution in [0.25, 0.3) is 0 Å². The molecule has 0 spiro atoms. The Morgan fingerprint density at radius 1 is 1.15 bits per heavy atom. The molecule has 0 aromatic heterocycles. The number of aryl methyl sites for hydroxylation is 1. The van der Waals surface area contributed by atoms with Crippen molar-refractivity contribution in [1.82, 2.24) is 4.90 Å². The summed E-state index contributed by atoms with van der Waals surface area (Å²) in [4.78, 5) is 2.61. The van der Waals surface area contributed by atoms with Crippen LogP contribution >= 0.6 is 0 Å². The number of hydrogen-bond acceptors (Lipinski definition) is 4. The Kier molecular flexibility index (Phi) is 3.81. The number of phenols is 1. The highest BCUT2D eigenvalue weighted by atomic mass is 16.5. The van der Waals surface area contributed by atoms with Crippen molar-refractivity contribution >= 4 is 0 Å². The van der Waals surface area contributed by atoms with Gasteiger partial charge in [-0.25, -0.2) is 0 Å². The second-order valence-corrected chi connectivity index (χ2v) is 9.11. The summed E-state index contributed by atoms with van der Waals surface area (Å²) in [6, 6.07) is 4.08. The van der Waals surface area contributed by atoms with Crippen molar-refractivity contribution in [3.8, 4) is 11.5 Å².